The van der Waals surface area contributed by atoms with Crippen LogP contribution in [-0.2, 0) is 18.3 Å². The largest absolute Gasteiger partial charge is 0.457 e. The lowest BCUT2D eigenvalue weighted by atomic mass is 10.0. The topological polar surface area (TPSA) is 75.5 Å². The first-order chi connectivity index (χ1) is 18.7. The maximum atomic E-state index is 14.1. The van der Waals surface area contributed by atoms with E-state index in [2.05, 4.69) is 27.1 Å². The lowest BCUT2D eigenvalue weighted by Gasteiger charge is -2.31. The predicted molar refractivity (Wildman–Crippen MR) is 151 cm³/mol. The van der Waals surface area contributed by atoms with E-state index in [1.54, 1.807) is 18.3 Å². The van der Waals surface area contributed by atoms with E-state index < -0.39 is 0 Å². The second-order valence-electron chi connectivity index (χ2n) is 10.5. The molecule has 0 aliphatic carbocycles. The Morgan fingerprint density at radius 1 is 1.03 bits per heavy atom. The van der Waals surface area contributed by atoms with Crippen molar-refractivity contribution < 1.29 is 13.9 Å². The van der Waals surface area contributed by atoms with Gasteiger partial charge >= 0.3 is 0 Å². The zero-order valence-corrected chi connectivity index (χ0v) is 22.9. The number of aryl methyl sites for hydroxylation is 1. The smallest absolute Gasteiger partial charge is 0.208 e. The third kappa shape index (κ3) is 6.43. The molecule has 4 aromatic rings. The standard InChI is InChI=1S/C30H35FN6O2/c1-20(2)26-17-21(5-7-27(26)31)33-30-34-28-18-24(6-8-29(28)36(30)4)39-25-9-10-32-22(16-25)15-23(38)19-37-13-11-35(3)12-14-37/h5-10,16-18,20H,11-15,19H2,1-4H3,(H,33,34). The van der Waals surface area contributed by atoms with Crippen LogP contribution in [0.1, 0.15) is 31.0 Å². The van der Waals surface area contributed by atoms with Crippen LogP contribution in [0.3, 0.4) is 0 Å². The van der Waals surface area contributed by atoms with Crippen molar-refractivity contribution in [2.45, 2.75) is 26.2 Å². The molecule has 1 aliphatic rings. The highest BCUT2D eigenvalue weighted by molar-refractivity contribution is 5.83. The van der Waals surface area contributed by atoms with Gasteiger partial charge in [-0.2, -0.15) is 0 Å². The Labute approximate surface area is 228 Å². The number of pyridine rings is 1. The quantitative estimate of drug-likeness (QED) is 0.322. The van der Waals surface area contributed by atoms with Gasteiger partial charge in [-0.3, -0.25) is 14.7 Å². The van der Waals surface area contributed by atoms with E-state index in [1.807, 2.05) is 55.8 Å². The Morgan fingerprint density at radius 3 is 2.56 bits per heavy atom. The lowest BCUT2D eigenvalue weighted by molar-refractivity contribution is -0.120. The van der Waals surface area contributed by atoms with Crippen molar-refractivity contribution in [2.75, 3.05) is 45.1 Å². The van der Waals surface area contributed by atoms with Crippen LogP contribution in [-0.4, -0.2) is 69.9 Å². The molecule has 0 bridgehead atoms. The molecule has 1 fully saturated rings. The number of benzene rings is 2. The maximum absolute atomic E-state index is 14.1. The number of ketones is 1. The fourth-order valence-corrected chi connectivity index (χ4v) is 4.81. The summed E-state index contributed by atoms with van der Waals surface area (Å²) in [5.41, 5.74) is 3.83. The molecule has 5 rings (SSSR count). The highest BCUT2D eigenvalue weighted by Gasteiger charge is 2.17. The summed E-state index contributed by atoms with van der Waals surface area (Å²) >= 11 is 0. The molecule has 1 N–H and O–H groups in total. The van der Waals surface area contributed by atoms with Crippen molar-refractivity contribution in [1.29, 1.82) is 0 Å². The minimum absolute atomic E-state index is 0.0793. The molecular weight excluding hydrogens is 495 g/mol. The first-order valence-corrected chi connectivity index (χ1v) is 13.3. The summed E-state index contributed by atoms with van der Waals surface area (Å²) in [4.78, 5) is 26.2. The van der Waals surface area contributed by atoms with Gasteiger partial charge in [0.1, 0.15) is 17.3 Å². The van der Waals surface area contributed by atoms with Gasteiger partial charge in [0.25, 0.3) is 0 Å². The summed E-state index contributed by atoms with van der Waals surface area (Å²) in [5.74, 6) is 1.93. The van der Waals surface area contributed by atoms with Gasteiger partial charge in [0.15, 0.2) is 5.78 Å². The summed E-state index contributed by atoms with van der Waals surface area (Å²) < 4.78 is 22.2. The van der Waals surface area contributed by atoms with Gasteiger partial charge in [0.05, 0.1) is 29.7 Å². The molecular formula is C30H35FN6O2. The minimum Gasteiger partial charge on any atom is -0.457 e. The van der Waals surface area contributed by atoms with Crippen LogP contribution in [0.2, 0.25) is 0 Å². The Kier molecular flexibility index (Phi) is 7.90. The maximum Gasteiger partial charge on any atom is 0.208 e. The van der Waals surface area contributed by atoms with Crippen molar-refractivity contribution in [3.05, 3.63) is 71.8 Å². The van der Waals surface area contributed by atoms with Crippen molar-refractivity contribution in [3.63, 3.8) is 0 Å². The number of carbonyl (C=O) groups excluding carboxylic acids is 1. The second kappa shape index (κ2) is 11.5. The highest BCUT2D eigenvalue weighted by Crippen LogP contribution is 2.29. The van der Waals surface area contributed by atoms with Crippen LogP contribution in [0.25, 0.3) is 11.0 Å². The Balaban J connectivity index is 1.26. The molecule has 0 radical (unpaired) electrons. The number of fused-ring (bicyclic) bond motifs is 1. The van der Waals surface area contributed by atoms with E-state index in [-0.39, 0.29) is 23.9 Å². The van der Waals surface area contributed by atoms with Crippen molar-refractivity contribution in [1.82, 2.24) is 24.3 Å². The number of likely N-dealkylation sites (N-methyl/N-ethyl adjacent to an activating group) is 1. The molecule has 0 spiro atoms. The summed E-state index contributed by atoms with van der Waals surface area (Å²) in [6, 6.07) is 14.3. The zero-order chi connectivity index (χ0) is 27.5. The van der Waals surface area contributed by atoms with E-state index in [1.165, 1.54) is 6.07 Å². The Morgan fingerprint density at radius 2 is 1.79 bits per heavy atom. The number of anilines is 2. The second-order valence-corrected chi connectivity index (χ2v) is 10.5. The number of rotatable bonds is 9. The number of carbonyl (C=O) groups is 1. The molecule has 3 heterocycles. The molecule has 2 aromatic heterocycles. The molecule has 8 nitrogen and oxygen atoms in total. The molecule has 39 heavy (non-hydrogen) atoms. The predicted octanol–water partition coefficient (Wildman–Crippen LogP) is 5.13. The van der Waals surface area contributed by atoms with Crippen LogP contribution in [0.4, 0.5) is 16.0 Å². The first kappa shape index (κ1) is 26.8. The van der Waals surface area contributed by atoms with Gasteiger partial charge in [0, 0.05) is 57.2 Å². The Hall–Kier alpha value is -3.82. The number of nitrogens with one attached hydrogen (secondary N) is 1. The number of halogens is 1. The van der Waals surface area contributed by atoms with E-state index in [0.29, 0.717) is 35.2 Å². The third-order valence-electron chi connectivity index (χ3n) is 7.12. The molecule has 1 aliphatic heterocycles. The fourth-order valence-electron chi connectivity index (χ4n) is 4.81. The molecule has 9 heteroatoms. The van der Waals surface area contributed by atoms with E-state index in [9.17, 15) is 9.18 Å². The van der Waals surface area contributed by atoms with Gasteiger partial charge in [0.2, 0.25) is 5.95 Å². The molecule has 0 unspecified atom stereocenters. The van der Waals surface area contributed by atoms with Crippen LogP contribution < -0.4 is 10.1 Å². The molecule has 204 valence electrons. The monoisotopic (exact) mass is 530 g/mol. The van der Waals surface area contributed by atoms with Crippen molar-refractivity contribution in [2.24, 2.45) is 7.05 Å². The highest BCUT2D eigenvalue weighted by atomic mass is 19.1. The van der Waals surface area contributed by atoms with Gasteiger partial charge in [-0.05, 0) is 54.9 Å². The van der Waals surface area contributed by atoms with Crippen molar-refractivity contribution >= 4 is 28.5 Å². The number of Topliss-reactive ketones (excluding diaryl/α,β-unsaturated/α-hetero) is 1. The van der Waals surface area contributed by atoms with E-state index >= 15 is 0 Å². The Bertz CT molecular complexity index is 1480. The number of ether oxygens (including phenoxy) is 1. The number of piperazine rings is 1. The third-order valence-corrected chi connectivity index (χ3v) is 7.12. The van der Waals surface area contributed by atoms with Crippen molar-refractivity contribution in [3.8, 4) is 11.5 Å². The van der Waals surface area contributed by atoms with Crippen LogP contribution in [0.15, 0.2) is 54.7 Å². The SMILES string of the molecule is CC(C)c1cc(Nc2nc3cc(Oc4ccnc(CC(=O)CN5CCN(C)CC5)c4)ccc3n2C)ccc1F. The van der Waals surface area contributed by atoms with Crippen LogP contribution >= 0.6 is 0 Å². The number of hydrogen-bond acceptors (Lipinski definition) is 7. The van der Waals surface area contributed by atoms with Crippen LogP contribution in [0, 0.1) is 5.82 Å². The summed E-state index contributed by atoms with van der Waals surface area (Å²) in [6.07, 6.45) is 1.95. The molecule has 2 aromatic carbocycles. The molecule has 0 amide bonds. The van der Waals surface area contributed by atoms with E-state index in [4.69, 9.17) is 9.72 Å². The molecule has 1 saturated heterocycles. The first-order valence-electron chi connectivity index (χ1n) is 13.3. The van der Waals surface area contributed by atoms with E-state index in [0.717, 1.165) is 42.9 Å². The normalized spacial score (nSPS) is 14.7. The number of hydrogen-bond donors (Lipinski definition) is 1. The van der Waals surface area contributed by atoms with Gasteiger partial charge < -0.3 is 19.5 Å². The average molecular weight is 531 g/mol. The zero-order valence-electron chi connectivity index (χ0n) is 22.9. The number of aromatic nitrogens is 3. The number of imidazole rings is 1. The van der Waals surface area contributed by atoms with Gasteiger partial charge in [-0.15, -0.1) is 0 Å². The summed E-state index contributed by atoms with van der Waals surface area (Å²) in [7, 11) is 4.03. The minimum atomic E-state index is -0.207. The number of nitrogens with zero attached hydrogens (tertiary/aromatic N) is 5. The summed E-state index contributed by atoms with van der Waals surface area (Å²) in [5, 5.41) is 3.31. The summed E-state index contributed by atoms with van der Waals surface area (Å²) in [6.45, 7) is 8.18. The average Bonchev–Trinajstić information content (AvgIpc) is 3.20. The lowest BCUT2D eigenvalue weighted by Crippen LogP contribution is -2.46. The van der Waals surface area contributed by atoms with Gasteiger partial charge in [-0.25, -0.2) is 9.37 Å². The molecule has 0 saturated carbocycles. The van der Waals surface area contributed by atoms with Crippen LogP contribution in [0.5, 0.6) is 11.5 Å². The molecule has 0 atom stereocenters. The van der Waals surface area contributed by atoms with Gasteiger partial charge in [-0.1, -0.05) is 13.8 Å². The fraction of sp³-hybridized carbons (Fsp3) is 0.367.